The molecular formula is C55H34N4. The monoisotopic (exact) mass is 750 g/mol. The van der Waals surface area contributed by atoms with E-state index < -0.39 is 0 Å². The number of hydrogen-bond donors (Lipinski definition) is 0. The molecular weight excluding hydrogens is 717 g/mol. The second-order valence-electron chi connectivity index (χ2n) is 15.2. The Labute approximate surface area is 340 Å². The third-order valence-corrected chi connectivity index (χ3v) is 11.8. The van der Waals surface area contributed by atoms with Gasteiger partial charge in [0.15, 0.2) is 17.5 Å². The zero-order valence-corrected chi connectivity index (χ0v) is 31.9. The number of nitrogens with zero attached hydrogens (tertiary/aromatic N) is 4. The summed E-state index contributed by atoms with van der Waals surface area (Å²) in [6, 6.07) is 73.7. The van der Waals surface area contributed by atoms with Gasteiger partial charge in [-0.05, 0) is 62.1 Å². The number of rotatable bonds is 5. The Morgan fingerprint density at radius 1 is 0.288 bits per heavy atom. The minimum atomic E-state index is 0.626. The van der Waals surface area contributed by atoms with Gasteiger partial charge >= 0.3 is 0 Å². The van der Waals surface area contributed by atoms with E-state index >= 15 is 0 Å². The quantitative estimate of drug-likeness (QED) is 0.176. The lowest BCUT2D eigenvalue weighted by Gasteiger charge is -2.21. The fourth-order valence-electron chi connectivity index (χ4n) is 8.99. The van der Waals surface area contributed by atoms with Gasteiger partial charge in [-0.15, -0.1) is 0 Å². The Morgan fingerprint density at radius 3 is 1.51 bits per heavy atom. The van der Waals surface area contributed by atoms with Crippen LogP contribution in [-0.4, -0.2) is 19.5 Å². The van der Waals surface area contributed by atoms with E-state index in [0.717, 1.165) is 49.8 Å². The lowest BCUT2D eigenvalue weighted by atomic mass is 9.92. The molecule has 0 fully saturated rings. The molecule has 0 bridgehead atoms. The molecule has 0 unspecified atom stereocenters. The maximum absolute atomic E-state index is 5.27. The minimum Gasteiger partial charge on any atom is -0.307 e. The van der Waals surface area contributed by atoms with E-state index in [1.165, 1.54) is 48.6 Å². The Morgan fingerprint density at radius 2 is 0.814 bits per heavy atom. The van der Waals surface area contributed by atoms with Crippen LogP contribution in [0.3, 0.4) is 0 Å². The number of hydrogen-bond acceptors (Lipinski definition) is 3. The third-order valence-electron chi connectivity index (χ3n) is 11.8. The molecule has 0 saturated carbocycles. The fourth-order valence-corrected chi connectivity index (χ4v) is 8.99. The highest BCUT2D eigenvalue weighted by molar-refractivity contribution is 6.22. The molecule has 2 heterocycles. The molecule has 274 valence electrons. The summed E-state index contributed by atoms with van der Waals surface area (Å²) in [7, 11) is 0. The maximum atomic E-state index is 5.27. The van der Waals surface area contributed by atoms with E-state index in [1.807, 2.05) is 36.4 Å². The molecule has 4 nitrogen and oxygen atoms in total. The van der Waals surface area contributed by atoms with Crippen molar-refractivity contribution in [3.05, 3.63) is 206 Å². The van der Waals surface area contributed by atoms with Crippen LogP contribution < -0.4 is 0 Å². The van der Waals surface area contributed by atoms with Crippen molar-refractivity contribution in [2.45, 2.75) is 0 Å². The van der Waals surface area contributed by atoms with E-state index in [-0.39, 0.29) is 0 Å². The molecule has 0 aliphatic rings. The Hall–Kier alpha value is -7.95. The van der Waals surface area contributed by atoms with E-state index in [9.17, 15) is 0 Å². The first-order valence-electron chi connectivity index (χ1n) is 20.0. The summed E-state index contributed by atoms with van der Waals surface area (Å²) in [5, 5.41) is 11.8. The number of aromatic nitrogens is 4. The molecule has 0 aliphatic carbocycles. The van der Waals surface area contributed by atoms with Gasteiger partial charge in [-0.1, -0.05) is 182 Å². The molecule has 0 radical (unpaired) electrons. The maximum Gasteiger partial charge on any atom is 0.164 e. The lowest BCUT2D eigenvalue weighted by Crippen LogP contribution is -2.03. The van der Waals surface area contributed by atoms with Crippen LogP contribution in [0.1, 0.15) is 0 Å². The molecule has 12 rings (SSSR count). The highest BCUT2D eigenvalue weighted by Gasteiger charge is 2.24. The lowest BCUT2D eigenvalue weighted by molar-refractivity contribution is 1.08. The first-order chi connectivity index (χ1) is 29.2. The van der Waals surface area contributed by atoms with Crippen LogP contribution in [0.5, 0.6) is 0 Å². The summed E-state index contributed by atoms with van der Waals surface area (Å²) >= 11 is 0. The van der Waals surface area contributed by atoms with Crippen LogP contribution >= 0.6 is 0 Å². The predicted octanol–water partition coefficient (Wildman–Crippen LogP) is 14.2. The van der Waals surface area contributed by atoms with Crippen molar-refractivity contribution in [1.82, 2.24) is 19.5 Å². The first kappa shape index (κ1) is 33.2. The normalized spacial score (nSPS) is 11.7. The van der Waals surface area contributed by atoms with Gasteiger partial charge in [-0.25, -0.2) is 15.0 Å². The number of fused-ring (bicyclic) bond motifs is 8. The molecule has 0 spiro atoms. The Kier molecular flexibility index (Phi) is 7.50. The van der Waals surface area contributed by atoms with Crippen molar-refractivity contribution in [1.29, 1.82) is 0 Å². The molecule has 2 aromatic heterocycles. The summed E-state index contributed by atoms with van der Waals surface area (Å²) in [4.78, 5) is 15.6. The second-order valence-corrected chi connectivity index (χ2v) is 15.2. The van der Waals surface area contributed by atoms with Gasteiger partial charge in [0.05, 0.1) is 16.7 Å². The Balaban J connectivity index is 1.26. The van der Waals surface area contributed by atoms with Crippen molar-refractivity contribution in [2.75, 3.05) is 0 Å². The van der Waals surface area contributed by atoms with Crippen molar-refractivity contribution in [3.63, 3.8) is 0 Å². The third kappa shape index (κ3) is 5.42. The number of benzene rings is 10. The SMILES string of the molecule is c1ccc(-c2nc(-c3ccccc3)nc(-c3cc(-c4ccc5ccccc5c4)c(-n4c5cc6ccccc6cc5c5ccc6ccccc6c54)c4ccccc34)n2)cc1. The topological polar surface area (TPSA) is 43.6 Å². The van der Waals surface area contributed by atoms with Crippen LogP contribution in [0.4, 0.5) is 0 Å². The van der Waals surface area contributed by atoms with Crippen LogP contribution in [0, 0.1) is 0 Å². The molecule has 59 heavy (non-hydrogen) atoms. The summed E-state index contributed by atoms with van der Waals surface area (Å²) in [6.45, 7) is 0. The zero-order valence-electron chi connectivity index (χ0n) is 31.9. The highest BCUT2D eigenvalue weighted by atomic mass is 15.0. The Bertz CT molecular complexity index is 3550. The minimum absolute atomic E-state index is 0.626. The average molecular weight is 751 g/mol. The summed E-state index contributed by atoms with van der Waals surface area (Å²) in [5.41, 5.74) is 8.49. The van der Waals surface area contributed by atoms with Gasteiger partial charge in [0.25, 0.3) is 0 Å². The first-order valence-corrected chi connectivity index (χ1v) is 20.0. The standard InChI is InChI=1S/C55H34N4/c1-3-17-37(18-4-1)53-56-54(38-19-5-2-6-20-38)58-55(57-53)49-34-47(42-28-27-35-15-7-8-21-39(35)31-42)52(45-26-14-13-25-44(45)49)59-50-33-41-23-10-9-22-40(41)32-48(50)46-30-29-36-16-11-12-24-43(36)51(46)59/h1-34H. The van der Waals surface area contributed by atoms with Crippen molar-refractivity contribution in [2.24, 2.45) is 0 Å². The van der Waals surface area contributed by atoms with Gasteiger partial charge in [-0.3, -0.25) is 0 Å². The average Bonchev–Trinajstić information content (AvgIpc) is 3.63. The van der Waals surface area contributed by atoms with E-state index in [4.69, 9.17) is 15.0 Å². The molecule has 12 aromatic rings. The zero-order chi connectivity index (χ0) is 38.9. The van der Waals surface area contributed by atoms with Gasteiger partial charge < -0.3 is 4.57 Å². The van der Waals surface area contributed by atoms with Gasteiger partial charge in [0.1, 0.15) is 0 Å². The van der Waals surface area contributed by atoms with Crippen LogP contribution in [0.15, 0.2) is 206 Å². The van der Waals surface area contributed by atoms with Gasteiger partial charge in [0.2, 0.25) is 0 Å². The van der Waals surface area contributed by atoms with E-state index in [2.05, 4.69) is 174 Å². The van der Waals surface area contributed by atoms with Crippen LogP contribution in [0.2, 0.25) is 0 Å². The van der Waals surface area contributed by atoms with Crippen molar-refractivity contribution in [3.8, 4) is 51.0 Å². The largest absolute Gasteiger partial charge is 0.307 e. The summed E-state index contributed by atoms with van der Waals surface area (Å²) < 4.78 is 2.54. The molecule has 4 heteroatoms. The van der Waals surface area contributed by atoms with Crippen molar-refractivity contribution >= 4 is 64.9 Å². The molecule has 0 aliphatic heterocycles. The molecule has 0 saturated heterocycles. The predicted molar refractivity (Wildman–Crippen MR) is 246 cm³/mol. The highest BCUT2D eigenvalue weighted by Crippen LogP contribution is 2.46. The van der Waals surface area contributed by atoms with Crippen LogP contribution in [-0.2, 0) is 0 Å². The van der Waals surface area contributed by atoms with Crippen molar-refractivity contribution < 1.29 is 0 Å². The second kappa shape index (κ2) is 13.3. The molecule has 0 amide bonds. The molecule has 10 aromatic carbocycles. The summed E-state index contributed by atoms with van der Waals surface area (Å²) in [5.74, 6) is 1.90. The molecule has 0 atom stereocenters. The molecule has 0 N–H and O–H groups in total. The fraction of sp³-hybridized carbons (Fsp3) is 0. The summed E-state index contributed by atoms with van der Waals surface area (Å²) in [6.07, 6.45) is 0. The smallest absolute Gasteiger partial charge is 0.164 e. The van der Waals surface area contributed by atoms with E-state index in [0.29, 0.717) is 17.5 Å². The van der Waals surface area contributed by atoms with Crippen LogP contribution in [0.25, 0.3) is 116 Å². The van der Waals surface area contributed by atoms with Gasteiger partial charge in [0, 0.05) is 43.8 Å². The van der Waals surface area contributed by atoms with E-state index in [1.54, 1.807) is 0 Å². The van der Waals surface area contributed by atoms with Gasteiger partial charge in [-0.2, -0.15) is 0 Å².